The van der Waals surface area contributed by atoms with Crippen molar-refractivity contribution in [2.75, 3.05) is 0 Å². The second-order valence-corrected chi connectivity index (χ2v) is 9.40. The molecule has 0 spiro atoms. The van der Waals surface area contributed by atoms with E-state index in [-0.39, 0.29) is 54.4 Å². The summed E-state index contributed by atoms with van der Waals surface area (Å²) in [5.41, 5.74) is 3.46. The van der Waals surface area contributed by atoms with Gasteiger partial charge in [0.25, 0.3) is 0 Å². The van der Waals surface area contributed by atoms with E-state index in [0.717, 1.165) is 17.8 Å². The van der Waals surface area contributed by atoms with E-state index >= 15 is 0 Å². The molecule has 0 amide bonds. The van der Waals surface area contributed by atoms with Crippen LogP contribution in [0.1, 0.15) is 83.6 Å². The van der Waals surface area contributed by atoms with Crippen LogP contribution in [0.15, 0.2) is 0 Å². The summed E-state index contributed by atoms with van der Waals surface area (Å²) in [6.45, 7) is 19.0. The largest absolute Gasteiger partial charge is 0.434 e. The molecule has 0 aromatic carbocycles. The third kappa shape index (κ3) is 2.02. The van der Waals surface area contributed by atoms with Crippen molar-refractivity contribution in [3.63, 3.8) is 0 Å². The Morgan fingerprint density at radius 1 is 0.909 bits per heavy atom. The van der Waals surface area contributed by atoms with E-state index in [1.54, 1.807) is 0 Å². The molecule has 0 atom stereocenters. The molecule has 3 heteroatoms. The van der Waals surface area contributed by atoms with Crippen molar-refractivity contribution in [3.8, 4) is 0 Å². The van der Waals surface area contributed by atoms with Gasteiger partial charge in [0, 0.05) is 45.7 Å². The van der Waals surface area contributed by atoms with Gasteiger partial charge in [0.1, 0.15) is 0 Å². The number of hydrogen-bond acceptors (Lipinski definition) is 1. The van der Waals surface area contributed by atoms with Gasteiger partial charge in [-0.3, -0.25) is 0 Å². The third-order valence-electron chi connectivity index (χ3n) is 7.04. The molecule has 2 nitrogen and oxygen atoms in total. The minimum absolute atomic E-state index is 0. The molecular weight excluding hydrogens is 347 g/mol. The first-order chi connectivity index (χ1) is 9.33. The summed E-state index contributed by atoms with van der Waals surface area (Å²) < 4.78 is 2.27. The molecule has 119 valence electrons. The number of fused-ring (bicyclic) bond motifs is 3. The molecule has 2 heterocycles. The van der Waals surface area contributed by atoms with Crippen LogP contribution in [0.5, 0.6) is 0 Å². The summed E-state index contributed by atoms with van der Waals surface area (Å²) in [7, 11) is 0. The van der Waals surface area contributed by atoms with Crippen molar-refractivity contribution < 1.29 is 37.5 Å². The Morgan fingerprint density at radius 3 is 2.00 bits per heavy atom. The van der Waals surface area contributed by atoms with Gasteiger partial charge in [-0.25, -0.2) is 6.07 Å². The summed E-state index contributed by atoms with van der Waals surface area (Å²) in [6.07, 6.45) is 0.630. The van der Waals surface area contributed by atoms with Crippen molar-refractivity contribution >= 4 is 5.78 Å². The average molecular weight is 375 g/mol. The number of rotatable bonds is 0. The molecule has 1 aromatic heterocycles. The summed E-state index contributed by atoms with van der Waals surface area (Å²) in [5, 5.41) is 0. The summed E-state index contributed by atoms with van der Waals surface area (Å²) >= 11 is 0. The van der Waals surface area contributed by atoms with E-state index in [1.807, 2.05) is 0 Å². The Kier molecular flexibility index (Phi) is 4.00. The molecule has 1 radical (unpaired) electrons. The van der Waals surface area contributed by atoms with E-state index < -0.39 is 0 Å². The molecule has 0 unspecified atom stereocenters. The monoisotopic (exact) mass is 375 g/mol. The van der Waals surface area contributed by atoms with E-state index in [9.17, 15) is 4.79 Å². The molecule has 3 rings (SSSR count). The molecule has 2 aliphatic rings. The Labute approximate surface area is 160 Å². The second-order valence-electron chi connectivity index (χ2n) is 9.40. The van der Waals surface area contributed by atoms with Crippen LogP contribution >= 0.6 is 0 Å². The number of nitrogens with zero attached hydrogens (tertiary/aromatic N) is 1. The number of carbonyl (C=O) groups excluding carboxylic acids is 1. The van der Waals surface area contributed by atoms with Gasteiger partial charge >= 0.3 is 0 Å². The van der Waals surface area contributed by atoms with Crippen molar-refractivity contribution in [2.24, 2.45) is 10.8 Å². The zero-order valence-electron chi connectivity index (χ0n) is 15.3. The quantitative estimate of drug-likeness (QED) is 0.613. The van der Waals surface area contributed by atoms with E-state index in [1.165, 1.54) is 5.69 Å². The topological polar surface area (TPSA) is 22.0 Å². The normalized spacial score (nSPS) is 26.1. The fraction of sp³-hybridized carbons (Fsp3) is 0.737. The Balaban J connectivity index is 0.00000176. The van der Waals surface area contributed by atoms with Gasteiger partial charge < -0.3 is 9.36 Å². The van der Waals surface area contributed by atoms with E-state index in [0.29, 0.717) is 12.2 Å². The van der Waals surface area contributed by atoms with Gasteiger partial charge in [-0.1, -0.05) is 66.8 Å². The van der Waals surface area contributed by atoms with Crippen LogP contribution in [0.2, 0.25) is 0 Å². The standard InChI is InChI=1S/C19H28NO.Y/c1-16(2)10-13(21)15-12(18(16,5)6)9-14-19(7,8)17(3,4)11-20(14)15;/h10-11H2,1-8H3;/q-1;. The van der Waals surface area contributed by atoms with Crippen molar-refractivity contribution in [3.05, 3.63) is 23.0 Å². The number of Topliss-reactive ketones (excluding diaryl/α,β-unsaturated/α-hetero) is 1. The van der Waals surface area contributed by atoms with Crippen LogP contribution in [0.4, 0.5) is 0 Å². The minimum atomic E-state index is -0.0200. The molecule has 0 saturated carbocycles. The van der Waals surface area contributed by atoms with Gasteiger partial charge in [0.15, 0.2) is 0 Å². The van der Waals surface area contributed by atoms with Gasteiger partial charge in [-0.05, 0) is 21.7 Å². The smallest absolute Gasteiger partial charge is 0.0992 e. The fourth-order valence-electron chi connectivity index (χ4n) is 3.84. The molecule has 0 bridgehead atoms. The molecule has 0 saturated heterocycles. The first-order valence-corrected chi connectivity index (χ1v) is 8.03. The Morgan fingerprint density at radius 2 is 1.45 bits per heavy atom. The number of ketones is 1. The summed E-state index contributed by atoms with van der Waals surface area (Å²) in [4.78, 5) is 12.8. The van der Waals surface area contributed by atoms with E-state index in [2.05, 4.69) is 66.0 Å². The summed E-state index contributed by atoms with van der Waals surface area (Å²) in [6, 6.07) is 3.68. The van der Waals surface area contributed by atoms with Gasteiger partial charge in [-0.15, -0.1) is 0 Å². The molecule has 0 fully saturated rings. The van der Waals surface area contributed by atoms with Gasteiger partial charge in [0.05, 0.1) is 5.78 Å². The maximum absolute atomic E-state index is 12.8. The van der Waals surface area contributed by atoms with Crippen LogP contribution in [-0.2, 0) is 50.1 Å². The fourth-order valence-corrected chi connectivity index (χ4v) is 3.84. The maximum Gasteiger partial charge on any atom is 0.0992 e. The van der Waals surface area contributed by atoms with Gasteiger partial charge in [0.2, 0.25) is 0 Å². The molecule has 1 aliphatic heterocycles. The van der Waals surface area contributed by atoms with Crippen molar-refractivity contribution in [2.45, 2.75) is 79.2 Å². The SMILES string of the molecule is CC1(C)CC(=O)c2c([c-]c3n2CC(C)(C)C3(C)C)C1(C)C.[Y]. The number of carbonyl (C=O) groups is 1. The number of aromatic nitrogens is 1. The first kappa shape index (κ1) is 18.4. The minimum Gasteiger partial charge on any atom is -0.434 e. The van der Waals surface area contributed by atoms with Crippen LogP contribution in [0, 0.1) is 16.9 Å². The molecule has 1 aliphatic carbocycles. The van der Waals surface area contributed by atoms with Crippen LogP contribution in [-0.4, -0.2) is 10.4 Å². The van der Waals surface area contributed by atoms with Crippen molar-refractivity contribution in [1.82, 2.24) is 4.57 Å². The third-order valence-corrected chi connectivity index (χ3v) is 7.04. The van der Waals surface area contributed by atoms with Crippen molar-refractivity contribution in [1.29, 1.82) is 0 Å². The van der Waals surface area contributed by atoms with Crippen LogP contribution in [0.3, 0.4) is 0 Å². The maximum atomic E-state index is 12.8. The van der Waals surface area contributed by atoms with Gasteiger partial charge in [-0.2, -0.15) is 5.56 Å². The summed E-state index contributed by atoms with van der Waals surface area (Å²) in [5.74, 6) is 0.297. The first-order valence-electron chi connectivity index (χ1n) is 8.03. The van der Waals surface area contributed by atoms with E-state index in [4.69, 9.17) is 0 Å². The van der Waals surface area contributed by atoms with Crippen LogP contribution in [0.25, 0.3) is 0 Å². The Hall–Kier alpha value is 0.0539. The van der Waals surface area contributed by atoms with Crippen LogP contribution < -0.4 is 0 Å². The zero-order valence-corrected chi connectivity index (χ0v) is 18.2. The predicted molar refractivity (Wildman–Crippen MR) is 85.8 cm³/mol. The second kappa shape index (κ2) is 4.79. The zero-order chi connectivity index (χ0) is 16.0. The molecule has 22 heavy (non-hydrogen) atoms. The Bertz CT molecular complexity index is 647. The average Bonchev–Trinajstić information content (AvgIpc) is 2.72. The molecular formula is C19H28NOY-. The molecule has 0 N–H and O–H groups in total. The molecule has 1 aromatic rings. The number of hydrogen-bond donors (Lipinski definition) is 0. The predicted octanol–water partition coefficient (Wildman–Crippen LogP) is 4.49.